The maximum Gasteiger partial charge on any atom is 0.264 e. The normalized spacial score (nSPS) is 14.0. The summed E-state index contributed by atoms with van der Waals surface area (Å²) in [6.07, 6.45) is 1.89. The van der Waals surface area contributed by atoms with E-state index in [0.29, 0.717) is 11.4 Å². The fourth-order valence-corrected chi connectivity index (χ4v) is 3.84. The summed E-state index contributed by atoms with van der Waals surface area (Å²) < 4.78 is 32.4. The number of hydrogen-bond acceptors (Lipinski definition) is 4. The SMILES string of the molecule is COc1ccc(S(=O)(=O)N(CC(=O)NC2CC2)c2ccccc2)cc1. The second kappa shape index (κ2) is 7.14. The number of ether oxygens (including phenoxy) is 1. The van der Waals surface area contributed by atoms with E-state index < -0.39 is 10.0 Å². The van der Waals surface area contributed by atoms with Gasteiger partial charge in [-0.2, -0.15) is 0 Å². The van der Waals surface area contributed by atoms with Crippen LogP contribution in [0.5, 0.6) is 5.75 Å². The molecule has 6 nitrogen and oxygen atoms in total. The summed E-state index contributed by atoms with van der Waals surface area (Å²) in [6.45, 7) is -0.255. The van der Waals surface area contributed by atoms with Crippen molar-refractivity contribution in [1.82, 2.24) is 5.32 Å². The van der Waals surface area contributed by atoms with Crippen LogP contribution in [0.4, 0.5) is 5.69 Å². The smallest absolute Gasteiger partial charge is 0.264 e. The highest BCUT2D eigenvalue weighted by atomic mass is 32.2. The predicted molar refractivity (Wildman–Crippen MR) is 95.1 cm³/mol. The Balaban J connectivity index is 1.92. The molecular weight excluding hydrogens is 340 g/mol. The van der Waals surface area contributed by atoms with Gasteiger partial charge in [-0.05, 0) is 49.2 Å². The number of anilines is 1. The number of rotatable bonds is 7. The highest BCUT2D eigenvalue weighted by Crippen LogP contribution is 2.25. The number of nitrogens with one attached hydrogen (secondary N) is 1. The minimum atomic E-state index is -3.87. The number of para-hydroxylation sites is 1. The number of methoxy groups -OCH3 is 1. The first-order valence-corrected chi connectivity index (χ1v) is 9.46. The van der Waals surface area contributed by atoms with E-state index >= 15 is 0 Å². The Morgan fingerprint density at radius 2 is 1.76 bits per heavy atom. The Morgan fingerprint density at radius 3 is 2.32 bits per heavy atom. The van der Waals surface area contributed by atoms with Crippen LogP contribution in [0.2, 0.25) is 0 Å². The topological polar surface area (TPSA) is 75.7 Å². The second-order valence-corrected chi connectivity index (χ2v) is 7.73. The molecule has 2 aromatic rings. The molecule has 0 saturated heterocycles. The van der Waals surface area contributed by atoms with Gasteiger partial charge in [-0.3, -0.25) is 9.10 Å². The maximum absolute atomic E-state index is 13.1. The lowest BCUT2D eigenvalue weighted by molar-refractivity contribution is -0.119. The van der Waals surface area contributed by atoms with Crippen LogP contribution >= 0.6 is 0 Å². The van der Waals surface area contributed by atoms with Crippen molar-refractivity contribution < 1.29 is 17.9 Å². The zero-order valence-corrected chi connectivity index (χ0v) is 14.7. The number of carbonyl (C=O) groups is 1. The first-order chi connectivity index (χ1) is 12.0. The van der Waals surface area contributed by atoms with E-state index in [0.717, 1.165) is 17.1 Å². The first-order valence-electron chi connectivity index (χ1n) is 8.02. The molecule has 0 aliphatic heterocycles. The molecule has 1 aliphatic rings. The van der Waals surface area contributed by atoms with Gasteiger partial charge in [-0.1, -0.05) is 18.2 Å². The molecule has 0 aromatic heterocycles. The van der Waals surface area contributed by atoms with Gasteiger partial charge in [0.1, 0.15) is 12.3 Å². The summed E-state index contributed by atoms with van der Waals surface area (Å²) in [7, 11) is -2.36. The number of benzene rings is 2. The van der Waals surface area contributed by atoms with Crippen molar-refractivity contribution in [2.75, 3.05) is 18.0 Å². The summed E-state index contributed by atoms with van der Waals surface area (Å²) in [5.41, 5.74) is 0.448. The molecule has 0 heterocycles. The third kappa shape index (κ3) is 4.11. The highest BCUT2D eigenvalue weighted by molar-refractivity contribution is 7.92. The minimum Gasteiger partial charge on any atom is -0.497 e. The van der Waals surface area contributed by atoms with Crippen molar-refractivity contribution in [3.63, 3.8) is 0 Å². The Bertz CT molecular complexity index is 831. The van der Waals surface area contributed by atoms with Gasteiger partial charge in [0.25, 0.3) is 10.0 Å². The average molecular weight is 360 g/mol. The van der Waals surface area contributed by atoms with E-state index in [1.54, 1.807) is 42.5 Å². The number of carbonyl (C=O) groups excluding carboxylic acids is 1. The number of nitrogens with zero attached hydrogens (tertiary/aromatic N) is 1. The lowest BCUT2D eigenvalue weighted by Crippen LogP contribution is -2.41. The molecule has 2 aromatic carbocycles. The molecule has 1 saturated carbocycles. The molecule has 0 bridgehead atoms. The second-order valence-electron chi connectivity index (χ2n) is 5.86. The summed E-state index contributed by atoms with van der Waals surface area (Å²) >= 11 is 0. The van der Waals surface area contributed by atoms with Crippen molar-refractivity contribution in [2.24, 2.45) is 0 Å². The van der Waals surface area contributed by atoms with Crippen molar-refractivity contribution in [1.29, 1.82) is 0 Å². The van der Waals surface area contributed by atoms with Crippen LogP contribution in [0.15, 0.2) is 59.5 Å². The highest BCUT2D eigenvalue weighted by Gasteiger charge is 2.29. The average Bonchev–Trinajstić information content (AvgIpc) is 3.44. The third-order valence-electron chi connectivity index (χ3n) is 3.92. The first kappa shape index (κ1) is 17.3. The van der Waals surface area contributed by atoms with Crippen molar-refractivity contribution in [2.45, 2.75) is 23.8 Å². The van der Waals surface area contributed by atoms with Gasteiger partial charge < -0.3 is 10.1 Å². The quantitative estimate of drug-likeness (QED) is 0.821. The Morgan fingerprint density at radius 1 is 1.12 bits per heavy atom. The molecule has 132 valence electrons. The monoisotopic (exact) mass is 360 g/mol. The fourth-order valence-electron chi connectivity index (χ4n) is 2.42. The summed E-state index contributed by atoms with van der Waals surface area (Å²) in [5, 5.41) is 2.83. The van der Waals surface area contributed by atoms with E-state index in [1.165, 1.54) is 19.2 Å². The van der Waals surface area contributed by atoms with E-state index in [1.807, 2.05) is 0 Å². The summed E-state index contributed by atoms with van der Waals surface area (Å²) in [5.74, 6) is 0.264. The van der Waals surface area contributed by atoms with E-state index in [2.05, 4.69) is 5.32 Å². The summed E-state index contributed by atoms with van der Waals surface area (Å²) in [4.78, 5) is 12.3. The van der Waals surface area contributed by atoms with Crippen LogP contribution in [0.1, 0.15) is 12.8 Å². The van der Waals surface area contributed by atoms with Gasteiger partial charge in [-0.25, -0.2) is 8.42 Å². The number of hydrogen-bond donors (Lipinski definition) is 1. The fraction of sp³-hybridized carbons (Fsp3) is 0.278. The lowest BCUT2D eigenvalue weighted by atomic mass is 10.3. The molecule has 0 spiro atoms. The van der Waals surface area contributed by atoms with Crippen LogP contribution in [-0.2, 0) is 14.8 Å². The molecule has 0 atom stereocenters. The third-order valence-corrected chi connectivity index (χ3v) is 5.71. The molecule has 1 N–H and O–H groups in total. The van der Waals surface area contributed by atoms with Gasteiger partial charge in [0.15, 0.2) is 0 Å². The molecule has 0 radical (unpaired) electrons. The minimum absolute atomic E-state index is 0.108. The van der Waals surface area contributed by atoms with Crippen molar-refractivity contribution >= 4 is 21.6 Å². The van der Waals surface area contributed by atoms with E-state index in [-0.39, 0.29) is 23.4 Å². The summed E-state index contributed by atoms with van der Waals surface area (Å²) in [6, 6.07) is 14.9. The van der Waals surface area contributed by atoms with Gasteiger partial charge >= 0.3 is 0 Å². The number of amides is 1. The predicted octanol–water partition coefficient (Wildman–Crippen LogP) is 2.17. The molecule has 3 rings (SSSR count). The van der Waals surface area contributed by atoms with Crippen LogP contribution in [0, 0.1) is 0 Å². The van der Waals surface area contributed by atoms with Crippen LogP contribution in [-0.4, -0.2) is 34.0 Å². The van der Waals surface area contributed by atoms with Gasteiger partial charge in [0.05, 0.1) is 17.7 Å². The Kier molecular flexibility index (Phi) is 4.94. The van der Waals surface area contributed by atoms with Gasteiger partial charge in [0, 0.05) is 6.04 Å². The van der Waals surface area contributed by atoms with Crippen LogP contribution < -0.4 is 14.4 Å². The van der Waals surface area contributed by atoms with E-state index in [4.69, 9.17) is 4.74 Å². The van der Waals surface area contributed by atoms with Gasteiger partial charge in [-0.15, -0.1) is 0 Å². The molecule has 0 unspecified atom stereocenters. The Labute approximate surface area is 147 Å². The van der Waals surface area contributed by atoms with Crippen molar-refractivity contribution in [3.05, 3.63) is 54.6 Å². The Hall–Kier alpha value is -2.54. The molecule has 1 amide bonds. The molecule has 1 aliphatic carbocycles. The maximum atomic E-state index is 13.1. The molecule has 25 heavy (non-hydrogen) atoms. The zero-order chi connectivity index (χ0) is 17.9. The van der Waals surface area contributed by atoms with Crippen LogP contribution in [0.3, 0.4) is 0 Å². The molecular formula is C18H20N2O4S. The van der Waals surface area contributed by atoms with E-state index in [9.17, 15) is 13.2 Å². The number of sulfonamides is 1. The standard InChI is InChI=1S/C18H20N2O4S/c1-24-16-9-11-17(12-10-16)25(22,23)20(15-5-3-2-4-6-15)13-18(21)19-14-7-8-14/h2-6,9-12,14H,7-8,13H2,1H3,(H,19,21). The zero-order valence-electron chi connectivity index (χ0n) is 13.9. The largest absolute Gasteiger partial charge is 0.497 e. The van der Waals surface area contributed by atoms with Crippen LogP contribution in [0.25, 0.3) is 0 Å². The molecule has 7 heteroatoms. The molecule has 1 fully saturated rings. The lowest BCUT2D eigenvalue weighted by Gasteiger charge is -2.24. The van der Waals surface area contributed by atoms with Gasteiger partial charge in [0.2, 0.25) is 5.91 Å². The van der Waals surface area contributed by atoms with Crippen molar-refractivity contribution in [3.8, 4) is 5.75 Å².